The molecular weight excluding hydrogens is 326 g/mol. The van der Waals surface area contributed by atoms with Crippen molar-refractivity contribution in [2.75, 3.05) is 38.1 Å². The zero-order chi connectivity index (χ0) is 17.9. The predicted octanol–water partition coefficient (Wildman–Crippen LogP) is 1.37. The van der Waals surface area contributed by atoms with Crippen LogP contribution in [0.4, 0.5) is 5.82 Å². The van der Waals surface area contributed by atoms with E-state index in [9.17, 15) is 4.79 Å². The van der Waals surface area contributed by atoms with Crippen molar-refractivity contribution < 1.29 is 4.79 Å². The van der Waals surface area contributed by atoms with Gasteiger partial charge in [-0.1, -0.05) is 12.8 Å². The molecule has 26 heavy (non-hydrogen) atoms. The number of hydrogen-bond acceptors (Lipinski definition) is 5. The van der Waals surface area contributed by atoms with Crippen molar-refractivity contribution in [2.45, 2.75) is 50.7 Å². The highest BCUT2D eigenvalue weighted by atomic mass is 16.2. The summed E-state index contributed by atoms with van der Waals surface area (Å²) in [5.41, 5.74) is 1.12. The number of amides is 1. The zero-order valence-corrected chi connectivity index (χ0v) is 15.8. The number of hydrogen-bond donors (Lipinski definition) is 2. The van der Waals surface area contributed by atoms with E-state index in [0.29, 0.717) is 18.5 Å². The summed E-state index contributed by atoms with van der Waals surface area (Å²) in [6.07, 6.45) is 7.99. The standard InChI is InChI=1S/C20H31N5O/c1-24-8-10-25(11-9-24)19-12-15(6-7-21-19)14-22-20(26)18-13-16-4-2-3-5-17(16)23-18/h6-7,12,16-18,23H,2-5,8-11,13-14H2,1H3,(H,22,26). The highest BCUT2D eigenvalue weighted by Gasteiger charge is 2.38. The Hall–Kier alpha value is -1.66. The molecule has 0 aromatic carbocycles. The van der Waals surface area contributed by atoms with Gasteiger partial charge in [0, 0.05) is 45.0 Å². The molecule has 3 atom stereocenters. The maximum atomic E-state index is 12.6. The third-order valence-corrected chi connectivity index (χ3v) is 6.28. The minimum atomic E-state index is -0.0120. The molecule has 0 radical (unpaired) electrons. The number of fused-ring (bicyclic) bond motifs is 1. The van der Waals surface area contributed by atoms with Gasteiger partial charge >= 0.3 is 0 Å². The highest BCUT2D eigenvalue weighted by molar-refractivity contribution is 5.82. The van der Waals surface area contributed by atoms with E-state index in [1.165, 1.54) is 25.7 Å². The SMILES string of the molecule is CN1CCN(c2cc(CNC(=O)C3CC4CCCCC4N3)ccn2)CC1. The third kappa shape index (κ3) is 4.01. The summed E-state index contributed by atoms with van der Waals surface area (Å²) >= 11 is 0. The normalized spacial score (nSPS) is 29.4. The van der Waals surface area contributed by atoms with Crippen LogP contribution in [0.1, 0.15) is 37.7 Å². The van der Waals surface area contributed by atoms with E-state index in [2.05, 4.69) is 38.5 Å². The molecule has 0 bridgehead atoms. The van der Waals surface area contributed by atoms with E-state index >= 15 is 0 Å². The summed E-state index contributed by atoms with van der Waals surface area (Å²) in [5, 5.41) is 6.69. The number of rotatable bonds is 4. The van der Waals surface area contributed by atoms with Crippen LogP contribution in [0.2, 0.25) is 0 Å². The smallest absolute Gasteiger partial charge is 0.237 e. The number of anilines is 1. The fraction of sp³-hybridized carbons (Fsp3) is 0.700. The second kappa shape index (κ2) is 7.92. The van der Waals surface area contributed by atoms with Crippen molar-refractivity contribution in [3.8, 4) is 0 Å². The topological polar surface area (TPSA) is 60.5 Å². The molecule has 6 heteroatoms. The minimum Gasteiger partial charge on any atom is -0.354 e. The predicted molar refractivity (Wildman–Crippen MR) is 103 cm³/mol. The quantitative estimate of drug-likeness (QED) is 0.852. The Morgan fingerprint density at radius 3 is 2.88 bits per heavy atom. The van der Waals surface area contributed by atoms with Gasteiger partial charge in [0.1, 0.15) is 5.82 Å². The van der Waals surface area contributed by atoms with E-state index in [4.69, 9.17) is 0 Å². The van der Waals surface area contributed by atoms with Gasteiger partial charge in [-0.25, -0.2) is 4.98 Å². The first-order chi connectivity index (χ1) is 12.7. The van der Waals surface area contributed by atoms with Crippen LogP contribution in [0, 0.1) is 5.92 Å². The molecule has 3 fully saturated rings. The molecule has 6 nitrogen and oxygen atoms in total. The molecule has 3 aliphatic rings. The maximum Gasteiger partial charge on any atom is 0.237 e. The molecule has 1 saturated carbocycles. The molecule has 2 N–H and O–H groups in total. The minimum absolute atomic E-state index is 0.0120. The van der Waals surface area contributed by atoms with Gasteiger partial charge in [-0.15, -0.1) is 0 Å². The zero-order valence-electron chi connectivity index (χ0n) is 15.8. The van der Waals surface area contributed by atoms with Crippen molar-refractivity contribution in [2.24, 2.45) is 5.92 Å². The van der Waals surface area contributed by atoms with E-state index < -0.39 is 0 Å². The number of nitrogens with zero attached hydrogens (tertiary/aromatic N) is 3. The number of aromatic nitrogens is 1. The summed E-state index contributed by atoms with van der Waals surface area (Å²) in [5.74, 6) is 1.87. The van der Waals surface area contributed by atoms with Crippen LogP contribution in [0.3, 0.4) is 0 Å². The Labute approximate surface area is 156 Å². The number of pyridine rings is 1. The molecule has 1 amide bonds. The third-order valence-electron chi connectivity index (χ3n) is 6.28. The largest absolute Gasteiger partial charge is 0.354 e. The summed E-state index contributed by atoms with van der Waals surface area (Å²) in [6.45, 7) is 4.73. The molecule has 142 valence electrons. The molecule has 1 aliphatic carbocycles. The molecule has 1 aromatic heterocycles. The Morgan fingerprint density at radius 2 is 2.08 bits per heavy atom. The van der Waals surface area contributed by atoms with Crippen LogP contribution >= 0.6 is 0 Å². The Bertz CT molecular complexity index is 614. The molecule has 1 aromatic rings. The molecule has 0 spiro atoms. The average Bonchev–Trinajstić information content (AvgIpc) is 3.11. The molecule has 2 aliphatic heterocycles. The fourth-order valence-electron chi connectivity index (χ4n) is 4.61. The van der Waals surface area contributed by atoms with E-state index in [1.54, 1.807) is 0 Å². The Morgan fingerprint density at radius 1 is 1.27 bits per heavy atom. The summed E-state index contributed by atoms with van der Waals surface area (Å²) in [7, 11) is 2.16. The van der Waals surface area contributed by atoms with Gasteiger partial charge < -0.3 is 20.4 Å². The lowest BCUT2D eigenvalue weighted by Gasteiger charge is -2.33. The first-order valence-electron chi connectivity index (χ1n) is 10.1. The van der Waals surface area contributed by atoms with E-state index in [-0.39, 0.29) is 11.9 Å². The van der Waals surface area contributed by atoms with Crippen molar-refractivity contribution >= 4 is 11.7 Å². The van der Waals surface area contributed by atoms with Gasteiger partial charge in [-0.3, -0.25) is 4.79 Å². The highest BCUT2D eigenvalue weighted by Crippen LogP contribution is 2.33. The molecular formula is C20H31N5O. The molecule has 3 unspecified atom stereocenters. The van der Waals surface area contributed by atoms with Gasteiger partial charge in [-0.05, 0) is 49.9 Å². The summed E-state index contributed by atoms with van der Waals surface area (Å²) in [4.78, 5) is 21.8. The first kappa shape index (κ1) is 17.7. The average molecular weight is 358 g/mol. The number of piperazine rings is 1. The van der Waals surface area contributed by atoms with Gasteiger partial charge in [0.2, 0.25) is 5.91 Å². The van der Waals surface area contributed by atoms with Crippen LogP contribution in [-0.4, -0.2) is 61.1 Å². The van der Waals surface area contributed by atoms with Crippen molar-refractivity contribution in [3.05, 3.63) is 23.9 Å². The van der Waals surface area contributed by atoms with Crippen molar-refractivity contribution in [1.29, 1.82) is 0 Å². The molecule has 4 rings (SSSR count). The number of carbonyl (C=O) groups is 1. The second-order valence-corrected chi connectivity index (χ2v) is 8.14. The van der Waals surface area contributed by atoms with Crippen LogP contribution < -0.4 is 15.5 Å². The lowest BCUT2D eigenvalue weighted by atomic mass is 9.85. The molecule has 2 saturated heterocycles. The maximum absolute atomic E-state index is 12.6. The van der Waals surface area contributed by atoms with Gasteiger partial charge in [0.15, 0.2) is 0 Å². The number of nitrogens with one attached hydrogen (secondary N) is 2. The Kier molecular flexibility index (Phi) is 5.41. The van der Waals surface area contributed by atoms with E-state index in [0.717, 1.165) is 44.0 Å². The molecule has 3 heterocycles. The second-order valence-electron chi connectivity index (χ2n) is 8.14. The van der Waals surface area contributed by atoms with Crippen LogP contribution in [0.15, 0.2) is 18.3 Å². The summed E-state index contributed by atoms with van der Waals surface area (Å²) < 4.78 is 0. The van der Waals surface area contributed by atoms with Crippen LogP contribution in [0.25, 0.3) is 0 Å². The van der Waals surface area contributed by atoms with Crippen molar-refractivity contribution in [3.63, 3.8) is 0 Å². The van der Waals surface area contributed by atoms with Gasteiger partial charge in [-0.2, -0.15) is 0 Å². The van der Waals surface area contributed by atoms with Gasteiger partial charge in [0.25, 0.3) is 0 Å². The Balaban J connectivity index is 1.30. The lowest BCUT2D eigenvalue weighted by Crippen LogP contribution is -2.45. The first-order valence-corrected chi connectivity index (χ1v) is 10.1. The van der Waals surface area contributed by atoms with E-state index in [1.807, 2.05) is 12.3 Å². The van der Waals surface area contributed by atoms with Crippen molar-refractivity contribution in [1.82, 2.24) is 20.5 Å². The monoisotopic (exact) mass is 357 g/mol. The summed E-state index contributed by atoms with van der Waals surface area (Å²) in [6, 6.07) is 4.67. The number of likely N-dealkylation sites (N-methyl/N-ethyl adjacent to an activating group) is 1. The van der Waals surface area contributed by atoms with Gasteiger partial charge in [0.05, 0.1) is 6.04 Å². The lowest BCUT2D eigenvalue weighted by molar-refractivity contribution is -0.123. The van der Waals surface area contributed by atoms with Crippen LogP contribution in [0.5, 0.6) is 0 Å². The number of carbonyl (C=O) groups excluding carboxylic acids is 1. The van der Waals surface area contributed by atoms with Crippen LogP contribution in [-0.2, 0) is 11.3 Å². The fourth-order valence-corrected chi connectivity index (χ4v) is 4.61.